The Hall–Kier alpha value is -1.72. The Labute approximate surface area is 141 Å². The minimum atomic E-state index is 0.167. The van der Waals surface area contributed by atoms with Gasteiger partial charge in [0.1, 0.15) is 0 Å². The summed E-state index contributed by atoms with van der Waals surface area (Å²) < 4.78 is 0. The zero-order valence-corrected chi connectivity index (χ0v) is 14.1. The highest BCUT2D eigenvalue weighted by Gasteiger charge is 2.21. The second-order valence-electron chi connectivity index (χ2n) is 6.09. The van der Waals surface area contributed by atoms with Gasteiger partial charge in [-0.15, -0.1) is 0 Å². The van der Waals surface area contributed by atoms with Crippen molar-refractivity contribution in [1.82, 2.24) is 15.2 Å². The number of amides is 1. The van der Waals surface area contributed by atoms with E-state index >= 15 is 0 Å². The molecular formula is C18H23N3OS. The molecule has 3 heterocycles. The van der Waals surface area contributed by atoms with Crippen LogP contribution < -0.4 is 5.32 Å². The molecule has 122 valence electrons. The van der Waals surface area contributed by atoms with E-state index in [0.717, 1.165) is 44.6 Å². The van der Waals surface area contributed by atoms with Crippen molar-refractivity contribution in [2.75, 3.05) is 13.1 Å². The number of piperidine rings is 1. The Morgan fingerprint density at radius 2 is 2.35 bits per heavy atom. The first-order chi connectivity index (χ1) is 11.3. The van der Waals surface area contributed by atoms with Gasteiger partial charge < -0.3 is 5.32 Å². The molecule has 1 N–H and O–H groups in total. The number of nitrogens with one attached hydrogen (secondary N) is 1. The summed E-state index contributed by atoms with van der Waals surface area (Å²) >= 11 is 1.68. The number of aromatic nitrogens is 1. The summed E-state index contributed by atoms with van der Waals surface area (Å²) in [4.78, 5) is 18.9. The van der Waals surface area contributed by atoms with Gasteiger partial charge in [0, 0.05) is 31.7 Å². The van der Waals surface area contributed by atoms with Gasteiger partial charge in [-0.2, -0.15) is 11.3 Å². The van der Waals surface area contributed by atoms with Gasteiger partial charge in [0.2, 0.25) is 5.91 Å². The van der Waals surface area contributed by atoms with Crippen LogP contribution in [-0.2, 0) is 17.8 Å². The summed E-state index contributed by atoms with van der Waals surface area (Å²) in [6.07, 6.45) is 5.45. The zero-order chi connectivity index (χ0) is 15.9. The van der Waals surface area contributed by atoms with Crippen molar-refractivity contribution in [3.05, 3.63) is 52.5 Å². The van der Waals surface area contributed by atoms with E-state index in [1.165, 1.54) is 5.56 Å². The summed E-state index contributed by atoms with van der Waals surface area (Å²) in [6.45, 7) is 2.86. The number of likely N-dealkylation sites (tertiary alicyclic amines) is 1. The highest BCUT2D eigenvalue weighted by atomic mass is 32.1. The van der Waals surface area contributed by atoms with E-state index in [9.17, 15) is 4.79 Å². The minimum Gasteiger partial charge on any atom is -0.352 e. The third kappa shape index (κ3) is 5.15. The van der Waals surface area contributed by atoms with Gasteiger partial charge in [-0.1, -0.05) is 6.07 Å². The van der Waals surface area contributed by atoms with Gasteiger partial charge in [-0.05, 0) is 60.3 Å². The highest BCUT2D eigenvalue weighted by molar-refractivity contribution is 7.07. The quantitative estimate of drug-likeness (QED) is 0.886. The summed E-state index contributed by atoms with van der Waals surface area (Å²) in [6, 6.07) is 8.38. The van der Waals surface area contributed by atoms with E-state index in [1.54, 1.807) is 11.3 Å². The Balaban J connectivity index is 1.43. The number of rotatable bonds is 6. The normalized spacial score (nSPS) is 18.7. The van der Waals surface area contributed by atoms with E-state index in [-0.39, 0.29) is 11.9 Å². The summed E-state index contributed by atoms with van der Waals surface area (Å²) in [7, 11) is 0. The topological polar surface area (TPSA) is 45.2 Å². The van der Waals surface area contributed by atoms with Gasteiger partial charge in [0.25, 0.3) is 0 Å². The predicted molar refractivity (Wildman–Crippen MR) is 93.3 cm³/mol. The van der Waals surface area contributed by atoms with Crippen molar-refractivity contribution in [3.63, 3.8) is 0 Å². The third-order valence-corrected chi connectivity index (χ3v) is 4.94. The average Bonchev–Trinajstić information content (AvgIpc) is 3.08. The standard InChI is InChI=1S/C18H23N3OS/c22-18(7-6-15-8-11-23-14-15)20-17-5-3-10-21(13-17)12-16-4-1-2-9-19-16/h1-2,4,8-9,11,14,17H,3,5-7,10,12-13H2,(H,20,22). The Kier molecular flexibility index (Phi) is 5.77. The van der Waals surface area contributed by atoms with E-state index in [1.807, 2.05) is 18.3 Å². The number of hydrogen-bond acceptors (Lipinski definition) is 4. The van der Waals surface area contributed by atoms with Crippen molar-refractivity contribution >= 4 is 17.2 Å². The van der Waals surface area contributed by atoms with Crippen LogP contribution in [0.5, 0.6) is 0 Å². The average molecular weight is 329 g/mol. The highest BCUT2D eigenvalue weighted by Crippen LogP contribution is 2.13. The first kappa shape index (κ1) is 16.1. The van der Waals surface area contributed by atoms with Crippen LogP contribution in [0.25, 0.3) is 0 Å². The fourth-order valence-electron chi connectivity index (χ4n) is 3.03. The third-order valence-electron chi connectivity index (χ3n) is 4.20. The molecule has 1 atom stereocenters. The van der Waals surface area contributed by atoms with E-state index < -0.39 is 0 Å². The van der Waals surface area contributed by atoms with Gasteiger partial charge >= 0.3 is 0 Å². The van der Waals surface area contributed by atoms with Crippen LogP contribution in [0, 0.1) is 0 Å². The Bertz CT molecular complexity index is 600. The van der Waals surface area contributed by atoms with Crippen LogP contribution in [0.15, 0.2) is 41.2 Å². The zero-order valence-electron chi connectivity index (χ0n) is 13.3. The molecule has 1 fully saturated rings. The maximum absolute atomic E-state index is 12.1. The molecule has 2 aromatic rings. The largest absolute Gasteiger partial charge is 0.352 e. The van der Waals surface area contributed by atoms with Gasteiger partial charge in [0.15, 0.2) is 0 Å². The predicted octanol–water partition coefficient (Wildman–Crippen LogP) is 2.86. The lowest BCUT2D eigenvalue weighted by Gasteiger charge is -2.32. The molecule has 3 rings (SSSR count). The fourth-order valence-corrected chi connectivity index (χ4v) is 3.73. The molecule has 0 aliphatic carbocycles. The van der Waals surface area contributed by atoms with Crippen LogP contribution in [0.1, 0.15) is 30.5 Å². The minimum absolute atomic E-state index is 0.167. The van der Waals surface area contributed by atoms with Crippen LogP contribution in [-0.4, -0.2) is 34.9 Å². The Morgan fingerprint density at radius 1 is 1.39 bits per heavy atom. The number of carbonyl (C=O) groups excluding carboxylic acids is 1. The molecule has 0 aromatic carbocycles. The van der Waals surface area contributed by atoms with Crippen molar-refractivity contribution in [2.24, 2.45) is 0 Å². The lowest BCUT2D eigenvalue weighted by molar-refractivity contribution is -0.122. The molecule has 2 aromatic heterocycles. The molecular weight excluding hydrogens is 306 g/mol. The molecule has 4 nitrogen and oxygen atoms in total. The van der Waals surface area contributed by atoms with E-state index in [0.29, 0.717) is 6.42 Å². The molecule has 1 unspecified atom stereocenters. The van der Waals surface area contributed by atoms with Gasteiger partial charge in [-0.3, -0.25) is 14.7 Å². The second kappa shape index (κ2) is 8.22. The Morgan fingerprint density at radius 3 is 3.13 bits per heavy atom. The number of pyridine rings is 1. The number of hydrogen-bond donors (Lipinski definition) is 1. The first-order valence-electron chi connectivity index (χ1n) is 8.22. The molecule has 1 saturated heterocycles. The lowest BCUT2D eigenvalue weighted by atomic mass is 10.0. The van der Waals surface area contributed by atoms with Crippen molar-refractivity contribution in [2.45, 2.75) is 38.3 Å². The maximum Gasteiger partial charge on any atom is 0.220 e. The summed E-state index contributed by atoms with van der Waals surface area (Å²) in [5.74, 6) is 0.167. The van der Waals surface area contributed by atoms with Gasteiger partial charge in [0.05, 0.1) is 5.69 Å². The fraction of sp³-hybridized carbons (Fsp3) is 0.444. The second-order valence-corrected chi connectivity index (χ2v) is 6.87. The number of nitrogens with zero attached hydrogens (tertiary/aromatic N) is 2. The van der Waals surface area contributed by atoms with Crippen molar-refractivity contribution < 1.29 is 4.79 Å². The SMILES string of the molecule is O=C(CCc1ccsc1)NC1CCCN(Cc2ccccn2)C1. The van der Waals surface area contributed by atoms with Crippen molar-refractivity contribution in [1.29, 1.82) is 0 Å². The summed E-state index contributed by atoms with van der Waals surface area (Å²) in [5, 5.41) is 7.37. The van der Waals surface area contributed by atoms with Crippen LogP contribution >= 0.6 is 11.3 Å². The number of carbonyl (C=O) groups is 1. The van der Waals surface area contributed by atoms with E-state index in [2.05, 4.69) is 38.1 Å². The van der Waals surface area contributed by atoms with Crippen LogP contribution in [0.4, 0.5) is 0 Å². The molecule has 5 heteroatoms. The molecule has 0 saturated carbocycles. The van der Waals surface area contributed by atoms with Crippen LogP contribution in [0.3, 0.4) is 0 Å². The lowest BCUT2D eigenvalue weighted by Crippen LogP contribution is -2.47. The molecule has 0 bridgehead atoms. The maximum atomic E-state index is 12.1. The van der Waals surface area contributed by atoms with Crippen molar-refractivity contribution in [3.8, 4) is 0 Å². The smallest absolute Gasteiger partial charge is 0.220 e. The molecule has 0 spiro atoms. The molecule has 0 radical (unpaired) electrons. The molecule has 23 heavy (non-hydrogen) atoms. The molecule has 1 amide bonds. The monoisotopic (exact) mass is 329 g/mol. The molecule has 1 aliphatic rings. The van der Waals surface area contributed by atoms with Crippen LogP contribution in [0.2, 0.25) is 0 Å². The molecule has 1 aliphatic heterocycles. The summed E-state index contributed by atoms with van der Waals surface area (Å²) in [5.41, 5.74) is 2.35. The number of aryl methyl sites for hydroxylation is 1. The van der Waals surface area contributed by atoms with Gasteiger partial charge in [-0.25, -0.2) is 0 Å². The first-order valence-corrected chi connectivity index (χ1v) is 9.16. The van der Waals surface area contributed by atoms with E-state index in [4.69, 9.17) is 0 Å². The number of thiophene rings is 1.